The molecule has 2 rings (SSSR count). The Kier molecular flexibility index (Phi) is 4.87. The quantitative estimate of drug-likeness (QED) is 0.828. The summed E-state index contributed by atoms with van der Waals surface area (Å²) in [6.45, 7) is 5.12. The predicted octanol–water partition coefficient (Wildman–Crippen LogP) is 2.22. The fourth-order valence-electron chi connectivity index (χ4n) is 1.96. The van der Waals surface area contributed by atoms with Gasteiger partial charge in [0.05, 0.1) is 13.2 Å². The van der Waals surface area contributed by atoms with Gasteiger partial charge in [0.2, 0.25) is 0 Å². The van der Waals surface area contributed by atoms with Crippen LogP contribution in [0, 0.1) is 6.92 Å². The number of pyridine rings is 1. The van der Waals surface area contributed by atoms with Crippen molar-refractivity contribution in [2.45, 2.75) is 20.4 Å². The molecule has 1 aromatic carbocycles. The zero-order chi connectivity index (χ0) is 15.2. The van der Waals surface area contributed by atoms with Gasteiger partial charge in [0, 0.05) is 11.9 Å². The summed E-state index contributed by atoms with van der Waals surface area (Å²) >= 11 is 0. The first-order valence-electron chi connectivity index (χ1n) is 6.93. The predicted molar refractivity (Wildman–Crippen MR) is 83.0 cm³/mol. The van der Waals surface area contributed by atoms with E-state index in [2.05, 4.69) is 0 Å². The van der Waals surface area contributed by atoms with Gasteiger partial charge in [-0.2, -0.15) is 0 Å². The van der Waals surface area contributed by atoms with E-state index in [1.165, 1.54) is 0 Å². The van der Waals surface area contributed by atoms with Crippen LogP contribution in [0.3, 0.4) is 0 Å². The SMILES string of the molecule is CCOc1cccn(CCOc2ccc(N)c(C)c2)c1=O. The van der Waals surface area contributed by atoms with Gasteiger partial charge in [0.1, 0.15) is 12.4 Å². The van der Waals surface area contributed by atoms with Gasteiger partial charge >= 0.3 is 0 Å². The second-order valence-electron chi connectivity index (χ2n) is 4.67. The van der Waals surface area contributed by atoms with Crippen molar-refractivity contribution in [3.8, 4) is 11.5 Å². The van der Waals surface area contributed by atoms with Crippen LogP contribution in [0.5, 0.6) is 11.5 Å². The monoisotopic (exact) mass is 288 g/mol. The Morgan fingerprint density at radius 3 is 2.76 bits per heavy atom. The normalized spacial score (nSPS) is 10.4. The number of anilines is 1. The molecule has 0 radical (unpaired) electrons. The summed E-state index contributed by atoms with van der Waals surface area (Å²) in [5.74, 6) is 1.11. The smallest absolute Gasteiger partial charge is 0.292 e. The van der Waals surface area contributed by atoms with Crippen LogP contribution in [0.1, 0.15) is 12.5 Å². The van der Waals surface area contributed by atoms with Crippen LogP contribution in [-0.4, -0.2) is 17.8 Å². The number of ether oxygens (including phenoxy) is 2. The number of aryl methyl sites for hydroxylation is 1. The number of nitrogens with two attached hydrogens (primary N) is 1. The average Bonchev–Trinajstić information content (AvgIpc) is 2.47. The molecule has 0 bridgehead atoms. The molecular weight excluding hydrogens is 268 g/mol. The largest absolute Gasteiger partial charge is 0.492 e. The van der Waals surface area contributed by atoms with Gasteiger partial charge in [-0.15, -0.1) is 0 Å². The van der Waals surface area contributed by atoms with Crippen LogP contribution >= 0.6 is 0 Å². The summed E-state index contributed by atoms with van der Waals surface area (Å²) in [4.78, 5) is 12.1. The maximum Gasteiger partial charge on any atom is 0.292 e. The van der Waals surface area contributed by atoms with Crippen molar-refractivity contribution < 1.29 is 9.47 Å². The molecule has 1 heterocycles. The Labute approximate surface area is 123 Å². The molecule has 0 unspecified atom stereocenters. The van der Waals surface area contributed by atoms with E-state index in [0.29, 0.717) is 25.5 Å². The molecule has 1 aromatic heterocycles. The number of hydrogen-bond acceptors (Lipinski definition) is 4. The highest BCUT2D eigenvalue weighted by Gasteiger charge is 2.04. The van der Waals surface area contributed by atoms with Gasteiger partial charge in [-0.05, 0) is 49.7 Å². The van der Waals surface area contributed by atoms with E-state index in [-0.39, 0.29) is 5.56 Å². The molecule has 0 fully saturated rings. The van der Waals surface area contributed by atoms with E-state index in [1.807, 2.05) is 32.0 Å². The lowest BCUT2D eigenvalue weighted by Crippen LogP contribution is -2.23. The fourth-order valence-corrected chi connectivity index (χ4v) is 1.96. The molecule has 0 saturated carbocycles. The first-order chi connectivity index (χ1) is 10.1. The van der Waals surface area contributed by atoms with Crippen molar-refractivity contribution in [1.29, 1.82) is 0 Å². The highest BCUT2D eigenvalue weighted by atomic mass is 16.5. The third kappa shape index (κ3) is 3.78. The minimum Gasteiger partial charge on any atom is -0.492 e. The van der Waals surface area contributed by atoms with Gasteiger partial charge in [-0.1, -0.05) is 0 Å². The van der Waals surface area contributed by atoms with Gasteiger partial charge < -0.3 is 19.8 Å². The van der Waals surface area contributed by atoms with E-state index < -0.39 is 0 Å². The Morgan fingerprint density at radius 2 is 2.05 bits per heavy atom. The number of nitrogens with zero attached hydrogens (tertiary/aromatic N) is 1. The van der Waals surface area contributed by atoms with Gasteiger partial charge in [0.25, 0.3) is 5.56 Å². The Balaban J connectivity index is 1.98. The molecule has 0 atom stereocenters. The molecular formula is C16H20N2O3. The maximum atomic E-state index is 12.1. The Hall–Kier alpha value is -2.43. The fraction of sp³-hybridized carbons (Fsp3) is 0.312. The third-order valence-electron chi connectivity index (χ3n) is 3.13. The molecule has 2 N–H and O–H groups in total. The lowest BCUT2D eigenvalue weighted by Gasteiger charge is -2.11. The minimum absolute atomic E-state index is 0.142. The van der Waals surface area contributed by atoms with Crippen molar-refractivity contribution in [1.82, 2.24) is 4.57 Å². The molecule has 0 aliphatic heterocycles. The zero-order valence-corrected chi connectivity index (χ0v) is 12.3. The number of nitrogen functional groups attached to an aromatic ring is 1. The molecule has 0 aliphatic carbocycles. The van der Waals surface area contributed by atoms with Gasteiger partial charge in [0.15, 0.2) is 5.75 Å². The highest BCUT2D eigenvalue weighted by molar-refractivity contribution is 5.49. The van der Waals surface area contributed by atoms with E-state index in [0.717, 1.165) is 17.0 Å². The first-order valence-corrected chi connectivity index (χ1v) is 6.93. The van der Waals surface area contributed by atoms with Gasteiger partial charge in [-0.25, -0.2) is 0 Å². The zero-order valence-electron chi connectivity index (χ0n) is 12.3. The van der Waals surface area contributed by atoms with E-state index in [9.17, 15) is 4.79 Å². The summed E-state index contributed by atoms with van der Waals surface area (Å²) in [6.07, 6.45) is 1.72. The van der Waals surface area contributed by atoms with Crippen molar-refractivity contribution >= 4 is 5.69 Å². The molecule has 5 nitrogen and oxygen atoms in total. The van der Waals surface area contributed by atoms with Crippen LogP contribution in [0.2, 0.25) is 0 Å². The van der Waals surface area contributed by atoms with Crippen molar-refractivity contribution in [3.05, 3.63) is 52.4 Å². The summed E-state index contributed by atoms with van der Waals surface area (Å²) in [6, 6.07) is 8.98. The van der Waals surface area contributed by atoms with Gasteiger partial charge in [-0.3, -0.25) is 4.79 Å². The lowest BCUT2D eigenvalue weighted by molar-refractivity contribution is 0.291. The van der Waals surface area contributed by atoms with Crippen LogP contribution in [0.25, 0.3) is 0 Å². The number of rotatable bonds is 6. The number of benzene rings is 1. The van der Waals surface area contributed by atoms with Crippen LogP contribution in [-0.2, 0) is 6.54 Å². The molecule has 21 heavy (non-hydrogen) atoms. The Morgan fingerprint density at radius 1 is 1.24 bits per heavy atom. The molecule has 0 aliphatic rings. The van der Waals surface area contributed by atoms with Crippen molar-refractivity contribution in [3.63, 3.8) is 0 Å². The second kappa shape index (κ2) is 6.83. The lowest BCUT2D eigenvalue weighted by atomic mass is 10.2. The van der Waals surface area contributed by atoms with E-state index in [4.69, 9.17) is 15.2 Å². The van der Waals surface area contributed by atoms with Crippen LogP contribution in [0.15, 0.2) is 41.3 Å². The number of hydrogen-bond donors (Lipinski definition) is 1. The molecule has 0 saturated heterocycles. The standard InChI is InChI=1S/C16H20N2O3/c1-3-20-15-5-4-8-18(16(15)19)9-10-21-13-6-7-14(17)12(2)11-13/h4-8,11H,3,9-10,17H2,1-2H3. The number of aromatic nitrogens is 1. The third-order valence-corrected chi connectivity index (χ3v) is 3.13. The molecule has 2 aromatic rings. The molecule has 0 spiro atoms. The average molecular weight is 288 g/mol. The first kappa shape index (κ1) is 15.0. The Bertz CT molecular complexity index is 665. The second-order valence-corrected chi connectivity index (χ2v) is 4.67. The molecule has 0 amide bonds. The van der Waals surface area contributed by atoms with E-state index >= 15 is 0 Å². The molecule has 112 valence electrons. The van der Waals surface area contributed by atoms with E-state index in [1.54, 1.807) is 22.9 Å². The van der Waals surface area contributed by atoms with Crippen molar-refractivity contribution in [2.24, 2.45) is 0 Å². The molecule has 5 heteroatoms. The van der Waals surface area contributed by atoms with Crippen LogP contribution < -0.4 is 20.8 Å². The summed E-state index contributed by atoms with van der Waals surface area (Å²) < 4.78 is 12.5. The van der Waals surface area contributed by atoms with Crippen LogP contribution in [0.4, 0.5) is 5.69 Å². The summed E-state index contributed by atoms with van der Waals surface area (Å²) in [7, 11) is 0. The summed E-state index contributed by atoms with van der Waals surface area (Å²) in [5.41, 5.74) is 7.33. The maximum absolute atomic E-state index is 12.1. The summed E-state index contributed by atoms with van der Waals surface area (Å²) in [5, 5.41) is 0. The topological polar surface area (TPSA) is 66.5 Å². The minimum atomic E-state index is -0.142. The van der Waals surface area contributed by atoms with Crippen molar-refractivity contribution in [2.75, 3.05) is 18.9 Å². The highest BCUT2D eigenvalue weighted by Crippen LogP contribution is 2.18.